The highest BCUT2D eigenvalue weighted by Gasteiger charge is 2.41. The molecule has 0 amide bonds. The van der Waals surface area contributed by atoms with Gasteiger partial charge in [-0.25, -0.2) is 4.98 Å². The van der Waals surface area contributed by atoms with Gasteiger partial charge in [0.15, 0.2) is 0 Å². The van der Waals surface area contributed by atoms with Crippen molar-refractivity contribution in [2.45, 2.75) is 63.8 Å². The lowest BCUT2D eigenvalue weighted by Gasteiger charge is -2.24. The van der Waals surface area contributed by atoms with Crippen LogP contribution in [0.4, 0.5) is 0 Å². The van der Waals surface area contributed by atoms with Crippen molar-refractivity contribution in [2.24, 2.45) is 0 Å². The Labute approximate surface area is 124 Å². The number of methoxy groups -OCH3 is 1. The molecule has 0 spiro atoms. The smallest absolute Gasteiger partial charge is 0.0954 e. The highest BCUT2D eigenvalue weighted by molar-refractivity contribution is 7.11. The number of fused-ring (bicyclic) bond motifs is 2. The maximum Gasteiger partial charge on any atom is 0.0954 e. The number of nitrogens with zero attached hydrogens (tertiary/aromatic N) is 1. The molecular weight excluding hydrogens is 272 g/mol. The van der Waals surface area contributed by atoms with Crippen LogP contribution in [0.3, 0.4) is 0 Å². The lowest BCUT2D eigenvalue weighted by atomic mass is 9.95. The van der Waals surface area contributed by atoms with Crippen LogP contribution in [-0.2, 0) is 15.9 Å². The maximum atomic E-state index is 5.92. The van der Waals surface area contributed by atoms with Crippen LogP contribution >= 0.6 is 11.3 Å². The van der Waals surface area contributed by atoms with Gasteiger partial charge >= 0.3 is 0 Å². The number of hydrogen-bond acceptors (Lipinski definition) is 5. The van der Waals surface area contributed by atoms with E-state index in [0.29, 0.717) is 24.3 Å². The Hall–Kier alpha value is -0.490. The molecular formula is C15H24N2O2S. The zero-order chi connectivity index (χ0) is 14.1. The first-order chi connectivity index (χ1) is 9.67. The molecule has 0 aliphatic carbocycles. The fourth-order valence-electron chi connectivity index (χ4n) is 3.37. The van der Waals surface area contributed by atoms with Gasteiger partial charge < -0.3 is 14.8 Å². The van der Waals surface area contributed by atoms with E-state index < -0.39 is 0 Å². The lowest BCUT2D eigenvalue weighted by Crippen LogP contribution is -2.38. The first-order valence-electron chi connectivity index (χ1n) is 7.54. The molecule has 5 heteroatoms. The minimum absolute atomic E-state index is 0.358. The van der Waals surface area contributed by atoms with Crippen molar-refractivity contribution in [3.63, 3.8) is 0 Å². The van der Waals surface area contributed by atoms with E-state index in [9.17, 15) is 0 Å². The molecule has 112 valence electrons. The second kappa shape index (κ2) is 6.10. The van der Waals surface area contributed by atoms with E-state index in [4.69, 9.17) is 9.47 Å². The van der Waals surface area contributed by atoms with Crippen molar-refractivity contribution in [1.29, 1.82) is 0 Å². The predicted octanol–water partition coefficient (Wildman–Crippen LogP) is 2.61. The van der Waals surface area contributed by atoms with Crippen molar-refractivity contribution in [3.8, 4) is 0 Å². The van der Waals surface area contributed by atoms with Crippen LogP contribution in [0.5, 0.6) is 0 Å². The summed E-state index contributed by atoms with van der Waals surface area (Å²) in [6.07, 6.45) is 5.48. The summed E-state index contributed by atoms with van der Waals surface area (Å²) in [6.45, 7) is 5.10. The molecule has 4 nitrogen and oxygen atoms in total. The van der Waals surface area contributed by atoms with E-state index >= 15 is 0 Å². The van der Waals surface area contributed by atoms with Crippen molar-refractivity contribution in [1.82, 2.24) is 10.3 Å². The molecule has 3 rings (SSSR count). The molecule has 1 aromatic heterocycles. The minimum Gasteiger partial charge on any atom is -0.384 e. The average molecular weight is 296 g/mol. The van der Waals surface area contributed by atoms with Crippen molar-refractivity contribution >= 4 is 11.3 Å². The Kier molecular flexibility index (Phi) is 4.40. The summed E-state index contributed by atoms with van der Waals surface area (Å²) < 4.78 is 11.0. The summed E-state index contributed by atoms with van der Waals surface area (Å²) in [7, 11) is 1.74. The van der Waals surface area contributed by atoms with Gasteiger partial charge in [-0.05, 0) is 33.1 Å². The van der Waals surface area contributed by atoms with Gasteiger partial charge in [0.1, 0.15) is 0 Å². The molecule has 0 saturated carbocycles. The van der Waals surface area contributed by atoms with Gasteiger partial charge in [0.25, 0.3) is 0 Å². The van der Waals surface area contributed by atoms with Crippen LogP contribution in [-0.4, -0.2) is 37.0 Å². The van der Waals surface area contributed by atoms with Gasteiger partial charge in [-0.15, -0.1) is 11.3 Å². The third-order valence-electron chi connectivity index (χ3n) is 4.36. The fourth-order valence-corrected chi connectivity index (χ4v) is 4.43. The summed E-state index contributed by atoms with van der Waals surface area (Å²) >= 11 is 1.82. The Bertz CT molecular complexity index is 463. The van der Waals surface area contributed by atoms with Crippen molar-refractivity contribution in [2.75, 3.05) is 13.7 Å². The number of nitrogens with one attached hydrogen (secondary N) is 1. The highest BCUT2D eigenvalue weighted by atomic mass is 32.1. The van der Waals surface area contributed by atoms with Gasteiger partial charge in [0.2, 0.25) is 0 Å². The number of hydrogen-bond donors (Lipinski definition) is 1. The fraction of sp³-hybridized carbons (Fsp3) is 0.800. The quantitative estimate of drug-likeness (QED) is 0.876. The first kappa shape index (κ1) is 14.4. The molecule has 0 unspecified atom stereocenters. The summed E-state index contributed by atoms with van der Waals surface area (Å²) in [6, 6.07) is 0.879. The predicted molar refractivity (Wildman–Crippen MR) is 80.3 cm³/mol. The van der Waals surface area contributed by atoms with E-state index in [1.807, 2.05) is 11.3 Å². The molecule has 2 aliphatic heterocycles. The van der Waals surface area contributed by atoms with E-state index in [1.165, 1.54) is 29.1 Å². The lowest BCUT2D eigenvalue weighted by molar-refractivity contribution is 0.0963. The van der Waals surface area contributed by atoms with Crippen LogP contribution in [0.1, 0.15) is 47.8 Å². The second-order valence-electron chi connectivity index (χ2n) is 5.90. The average Bonchev–Trinajstić information content (AvgIpc) is 3.11. The van der Waals surface area contributed by atoms with Crippen LogP contribution in [0.25, 0.3) is 0 Å². The van der Waals surface area contributed by atoms with Crippen LogP contribution < -0.4 is 5.32 Å². The summed E-state index contributed by atoms with van der Waals surface area (Å²) in [4.78, 5) is 6.02. The summed E-state index contributed by atoms with van der Waals surface area (Å²) in [5.41, 5.74) is 1.16. The van der Waals surface area contributed by atoms with Crippen molar-refractivity contribution < 1.29 is 9.47 Å². The Morgan fingerprint density at radius 3 is 3.00 bits per heavy atom. The molecule has 0 radical (unpaired) electrons. The molecule has 2 aliphatic rings. The molecule has 0 aromatic carbocycles. The van der Waals surface area contributed by atoms with Crippen LogP contribution in [0, 0.1) is 6.92 Å². The Morgan fingerprint density at radius 2 is 2.35 bits per heavy atom. The second-order valence-corrected chi connectivity index (χ2v) is 7.02. The van der Waals surface area contributed by atoms with E-state index in [0.717, 1.165) is 18.7 Å². The van der Waals surface area contributed by atoms with Gasteiger partial charge in [0.05, 0.1) is 29.5 Å². The van der Waals surface area contributed by atoms with Crippen molar-refractivity contribution in [3.05, 3.63) is 15.6 Å². The number of aryl methyl sites for hydroxylation is 1. The van der Waals surface area contributed by atoms with Gasteiger partial charge in [-0.2, -0.15) is 0 Å². The number of aromatic nitrogens is 1. The zero-order valence-electron chi connectivity index (χ0n) is 12.5. The van der Waals surface area contributed by atoms with Crippen LogP contribution in [0.2, 0.25) is 0 Å². The molecule has 2 fully saturated rings. The third-order valence-corrected chi connectivity index (χ3v) is 5.76. The molecule has 1 N–H and O–H groups in total. The minimum atomic E-state index is 0.358. The Balaban J connectivity index is 1.61. The number of ether oxygens (including phenoxy) is 2. The van der Waals surface area contributed by atoms with E-state index in [-0.39, 0.29) is 0 Å². The highest BCUT2D eigenvalue weighted by Crippen LogP contribution is 2.36. The first-order valence-corrected chi connectivity index (χ1v) is 8.35. The maximum absolute atomic E-state index is 5.92. The summed E-state index contributed by atoms with van der Waals surface area (Å²) in [5.74, 6) is 0. The molecule has 20 heavy (non-hydrogen) atoms. The topological polar surface area (TPSA) is 43.4 Å². The van der Waals surface area contributed by atoms with Crippen LogP contribution in [0.15, 0.2) is 0 Å². The molecule has 3 heterocycles. The standard InChI is InChI=1S/C15H24N2O2S/c1-9(16-12-8-11-4-5-13(12)19-11)15-10(2)17-14(20-15)6-7-18-3/h9,11-13,16H,4-8H2,1-3H3/t9-,11+,12-,13+/m0/s1. The number of thiazole rings is 1. The van der Waals surface area contributed by atoms with Gasteiger partial charge in [-0.3, -0.25) is 0 Å². The van der Waals surface area contributed by atoms with Gasteiger partial charge in [0, 0.05) is 30.5 Å². The molecule has 2 saturated heterocycles. The van der Waals surface area contributed by atoms with E-state index in [1.54, 1.807) is 7.11 Å². The monoisotopic (exact) mass is 296 g/mol. The molecule has 4 atom stereocenters. The SMILES string of the molecule is COCCc1nc(C)c([C@H](C)N[C@H]2C[C@H]3CC[C@H]2O3)s1. The molecule has 1 aromatic rings. The summed E-state index contributed by atoms with van der Waals surface area (Å²) in [5, 5.41) is 4.93. The van der Waals surface area contributed by atoms with Gasteiger partial charge in [-0.1, -0.05) is 0 Å². The Morgan fingerprint density at radius 1 is 1.50 bits per heavy atom. The third kappa shape index (κ3) is 2.91. The molecule has 2 bridgehead atoms. The largest absolute Gasteiger partial charge is 0.384 e. The zero-order valence-corrected chi connectivity index (χ0v) is 13.3. The van der Waals surface area contributed by atoms with E-state index in [2.05, 4.69) is 24.1 Å². The normalized spacial score (nSPS) is 30.1. The number of rotatable bonds is 6.